The molecule has 6 nitrogen and oxygen atoms in total. The van der Waals surface area contributed by atoms with Crippen LogP contribution in [0.2, 0.25) is 0 Å². The molecule has 0 amide bonds. The molecule has 118 valence electrons. The second kappa shape index (κ2) is 7.24. The Morgan fingerprint density at radius 3 is 2.52 bits per heavy atom. The molecule has 0 N–H and O–H groups in total. The summed E-state index contributed by atoms with van der Waals surface area (Å²) in [6.45, 7) is 8.93. The summed E-state index contributed by atoms with van der Waals surface area (Å²) in [6, 6.07) is 2.68. The molecular formula is C15H27N5O. The molecule has 0 spiro atoms. The first-order valence-corrected chi connectivity index (χ1v) is 8.09. The third-order valence-corrected chi connectivity index (χ3v) is 4.72. The van der Waals surface area contributed by atoms with E-state index >= 15 is 0 Å². The summed E-state index contributed by atoms with van der Waals surface area (Å²) in [5, 5.41) is 4.04. The molecule has 0 unspecified atom stereocenters. The number of piperidine rings is 1. The molecule has 2 saturated heterocycles. The summed E-state index contributed by atoms with van der Waals surface area (Å²) in [5.74, 6) is 0. The Hall–Kier alpha value is -1.11. The van der Waals surface area contributed by atoms with Crippen molar-refractivity contribution in [3.05, 3.63) is 18.5 Å². The fourth-order valence-corrected chi connectivity index (χ4v) is 3.31. The van der Waals surface area contributed by atoms with Gasteiger partial charge < -0.3 is 9.74 Å². The lowest BCUT2D eigenvalue weighted by Crippen LogP contribution is -2.53. The van der Waals surface area contributed by atoms with Gasteiger partial charge in [-0.2, -0.15) is 0 Å². The van der Waals surface area contributed by atoms with Crippen molar-refractivity contribution in [1.82, 2.24) is 24.6 Å². The van der Waals surface area contributed by atoms with Gasteiger partial charge in [-0.1, -0.05) is 0 Å². The summed E-state index contributed by atoms with van der Waals surface area (Å²) in [4.78, 5) is 14.7. The minimum Gasteiger partial charge on any atom is -0.395 e. The maximum atomic E-state index is 5.55. The summed E-state index contributed by atoms with van der Waals surface area (Å²) >= 11 is 0. The van der Waals surface area contributed by atoms with Crippen molar-refractivity contribution < 1.29 is 4.84 Å². The molecule has 2 fully saturated rings. The van der Waals surface area contributed by atoms with Gasteiger partial charge in [0.15, 0.2) is 0 Å². The fourth-order valence-electron chi connectivity index (χ4n) is 3.31. The molecule has 6 heteroatoms. The van der Waals surface area contributed by atoms with Crippen molar-refractivity contribution in [2.45, 2.75) is 18.9 Å². The van der Waals surface area contributed by atoms with Crippen molar-refractivity contribution in [1.29, 1.82) is 0 Å². The van der Waals surface area contributed by atoms with E-state index in [0.717, 1.165) is 25.7 Å². The monoisotopic (exact) mass is 293 g/mol. The van der Waals surface area contributed by atoms with Gasteiger partial charge in [-0.15, -0.1) is 9.94 Å². The highest BCUT2D eigenvalue weighted by Crippen LogP contribution is 2.17. The van der Waals surface area contributed by atoms with Gasteiger partial charge in [0.1, 0.15) is 6.61 Å². The highest BCUT2D eigenvalue weighted by atomic mass is 16.7. The molecule has 1 aromatic heterocycles. The van der Waals surface area contributed by atoms with E-state index in [9.17, 15) is 0 Å². The van der Waals surface area contributed by atoms with Gasteiger partial charge in [0.05, 0.1) is 12.4 Å². The van der Waals surface area contributed by atoms with Crippen LogP contribution in [0, 0.1) is 0 Å². The lowest BCUT2D eigenvalue weighted by Gasteiger charge is -2.42. The first-order chi connectivity index (χ1) is 10.3. The van der Waals surface area contributed by atoms with Crippen molar-refractivity contribution >= 4 is 0 Å². The molecule has 2 aliphatic heterocycles. The van der Waals surface area contributed by atoms with E-state index in [1.807, 2.05) is 12.3 Å². The molecule has 0 radical (unpaired) electrons. The number of nitrogens with zero attached hydrogens (tertiary/aromatic N) is 5. The summed E-state index contributed by atoms with van der Waals surface area (Å²) in [7, 11) is 2.23. The van der Waals surface area contributed by atoms with Gasteiger partial charge in [0.2, 0.25) is 0 Å². The molecule has 0 aliphatic carbocycles. The maximum absolute atomic E-state index is 5.55. The Labute approximate surface area is 127 Å². The zero-order valence-electron chi connectivity index (χ0n) is 13.0. The van der Waals surface area contributed by atoms with E-state index in [1.165, 1.54) is 43.9 Å². The molecule has 1 aromatic rings. The molecule has 0 atom stereocenters. The summed E-state index contributed by atoms with van der Waals surface area (Å²) in [5.41, 5.74) is 0. The van der Waals surface area contributed by atoms with E-state index in [1.54, 1.807) is 6.20 Å². The Morgan fingerprint density at radius 1 is 1.10 bits per heavy atom. The number of hydrogen-bond acceptors (Lipinski definition) is 5. The molecule has 21 heavy (non-hydrogen) atoms. The van der Waals surface area contributed by atoms with Crippen LogP contribution in [0.1, 0.15) is 12.8 Å². The van der Waals surface area contributed by atoms with Gasteiger partial charge in [-0.3, -0.25) is 9.80 Å². The highest BCUT2D eigenvalue weighted by Gasteiger charge is 2.26. The van der Waals surface area contributed by atoms with Crippen LogP contribution in [-0.4, -0.2) is 90.2 Å². The standard InChI is InChI=1S/C15H27N5O/c1-17-7-3-15(4-8-17)19-11-9-18(10-12-19)13-14-21-20-6-2-5-16-20/h2,5-6,15H,3-4,7-14H2,1H3. The van der Waals surface area contributed by atoms with E-state index in [0.29, 0.717) is 6.61 Å². The SMILES string of the molecule is CN1CCC(N2CCN(CCOn3cccn3)CC2)CC1. The predicted octanol–water partition coefficient (Wildman–Crippen LogP) is 0.0235. The quantitative estimate of drug-likeness (QED) is 0.765. The molecule has 0 bridgehead atoms. The van der Waals surface area contributed by atoms with Gasteiger partial charge in [0.25, 0.3) is 0 Å². The summed E-state index contributed by atoms with van der Waals surface area (Å²) in [6.07, 6.45) is 6.23. The van der Waals surface area contributed by atoms with Crippen LogP contribution in [-0.2, 0) is 0 Å². The average molecular weight is 293 g/mol. The van der Waals surface area contributed by atoms with E-state index in [4.69, 9.17) is 4.84 Å². The minimum absolute atomic E-state index is 0.704. The Kier molecular flexibility index (Phi) is 5.11. The smallest absolute Gasteiger partial charge is 0.129 e. The van der Waals surface area contributed by atoms with Crippen LogP contribution in [0.15, 0.2) is 18.5 Å². The van der Waals surface area contributed by atoms with Gasteiger partial charge >= 0.3 is 0 Å². The van der Waals surface area contributed by atoms with Gasteiger partial charge in [-0.05, 0) is 39.0 Å². The first-order valence-electron chi connectivity index (χ1n) is 8.09. The second-order valence-electron chi connectivity index (χ2n) is 6.15. The number of rotatable bonds is 5. The third kappa shape index (κ3) is 4.18. The van der Waals surface area contributed by atoms with Crippen LogP contribution in [0.25, 0.3) is 0 Å². The fraction of sp³-hybridized carbons (Fsp3) is 0.800. The van der Waals surface area contributed by atoms with Crippen molar-refractivity contribution in [2.24, 2.45) is 0 Å². The van der Waals surface area contributed by atoms with Crippen LogP contribution < -0.4 is 4.84 Å². The van der Waals surface area contributed by atoms with Crippen LogP contribution in [0.4, 0.5) is 0 Å². The van der Waals surface area contributed by atoms with Crippen LogP contribution in [0.5, 0.6) is 0 Å². The van der Waals surface area contributed by atoms with E-state index in [-0.39, 0.29) is 0 Å². The van der Waals surface area contributed by atoms with Crippen molar-refractivity contribution in [2.75, 3.05) is 59.5 Å². The molecule has 3 heterocycles. The van der Waals surface area contributed by atoms with Crippen LogP contribution >= 0.6 is 0 Å². The van der Waals surface area contributed by atoms with Crippen LogP contribution in [0.3, 0.4) is 0 Å². The van der Waals surface area contributed by atoms with Crippen molar-refractivity contribution in [3.8, 4) is 0 Å². The molecular weight excluding hydrogens is 266 g/mol. The summed E-state index contributed by atoms with van der Waals surface area (Å²) < 4.78 is 0. The lowest BCUT2D eigenvalue weighted by molar-refractivity contribution is 0.0322. The first kappa shape index (κ1) is 14.8. The highest BCUT2D eigenvalue weighted by molar-refractivity contribution is 4.82. The normalized spacial score (nSPS) is 23.5. The lowest BCUT2D eigenvalue weighted by atomic mass is 10.0. The van der Waals surface area contributed by atoms with Crippen molar-refractivity contribution in [3.63, 3.8) is 0 Å². The maximum Gasteiger partial charge on any atom is 0.129 e. The third-order valence-electron chi connectivity index (χ3n) is 4.72. The number of piperazine rings is 1. The second-order valence-corrected chi connectivity index (χ2v) is 6.15. The Bertz CT molecular complexity index is 394. The average Bonchev–Trinajstić information content (AvgIpc) is 3.02. The molecule has 3 rings (SSSR count). The number of aromatic nitrogens is 2. The van der Waals surface area contributed by atoms with E-state index in [2.05, 4.69) is 26.8 Å². The van der Waals surface area contributed by atoms with Gasteiger partial charge in [0, 0.05) is 38.8 Å². The topological polar surface area (TPSA) is 36.8 Å². The zero-order chi connectivity index (χ0) is 14.5. The number of hydrogen-bond donors (Lipinski definition) is 0. The minimum atomic E-state index is 0.704. The van der Waals surface area contributed by atoms with E-state index < -0.39 is 0 Å². The zero-order valence-corrected chi connectivity index (χ0v) is 13.0. The number of likely N-dealkylation sites (tertiary alicyclic amines) is 1. The molecule has 0 aromatic carbocycles. The molecule has 0 saturated carbocycles. The van der Waals surface area contributed by atoms with Gasteiger partial charge in [-0.25, -0.2) is 0 Å². The largest absolute Gasteiger partial charge is 0.395 e. The Morgan fingerprint density at radius 2 is 1.86 bits per heavy atom. The predicted molar refractivity (Wildman–Crippen MR) is 82.2 cm³/mol. The molecule has 2 aliphatic rings. The Balaban J connectivity index is 1.33.